The van der Waals surface area contributed by atoms with Gasteiger partial charge < -0.3 is 10.1 Å². The zero-order valence-electron chi connectivity index (χ0n) is 11.1. The van der Waals surface area contributed by atoms with Crippen molar-refractivity contribution in [2.75, 3.05) is 12.4 Å². The van der Waals surface area contributed by atoms with Gasteiger partial charge in [-0.2, -0.15) is 4.98 Å². The first-order chi connectivity index (χ1) is 9.08. The van der Waals surface area contributed by atoms with E-state index in [0.717, 1.165) is 0 Å². The summed E-state index contributed by atoms with van der Waals surface area (Å²) in [5.41, 5.74) is 0. The van der Waals surface area contributed by atoms with E-state index in [1.54, 1.807) is 25.2 Å². The van der Waals surface area contributed by atoms with E-state index in [1.165, 1.54) is 12.1 Å². The zero-order chi connectivity index (χ0) is 13.8. The van der Waals surface area contributed by atoms with Gasteiger partial charge in [-0.15, -0.1) is 0 Å². The molecule has 5 heteroatoms. The summed E-state index contributed by atoms with van der Waals surface area (Å²) in [6.07, 6.45) is 0. The van der Waals surface area contributed by atoms with E-state index in [1.807, 2.05) is 13.8 Å². The molecule has 0 unspecified atom stereocenters. The van der Waals surface area contributed by atoms with E-state index >= 15 is 0 Å². The van der Waals surface area contributed by atoms with Gasteiger partial charge in [0, 0.05) is 19.0 Å². The summed E-state index contributed by atoms with van der Waals surface area (Å²) >= 11 is 0. The molecule has 0 bridgehead atoms. The normalized spacial score (nSPS) is 10.6. The van der Waals surface area contributed by atoms with Crippen molar-refractivity contribution in [3.8, 4) is 11.6 Å². The highest BCUT2D eigenvalue weighted by Crippen LogP contribution is 2.23. The lowest BCUT2D eigenvalue weighted by Gasteiger charge is -2.10. The second-order valence-electron chi connectivity index (χ2n) is 4.41. The third kappa shape index (κ3) is 3.40. The fourth-order valence-electron chi connectivity index (χ4n) is 1.50. The average Bonchev–Trinajstić information content (AvgIpc) is 2.41. The summed E-state index contributed by atoms with van der Waals surface area (Å²) in [6.45, 7) is 4.02. The largest absolute Gasteiger partial charge is 0.439 e. The van der Waals surface area contributed by atoms with E-state index in [2.05, 4.69) is 15.3 Å². The maximum absolute atomic E-state index is 12.8. The molecule has 0 aliphatic rings. The molecule has 0 aliphatic carbocycles. The number of nitrogens with one attached hydrogen (secondary N) is 1. The quantitative estimate of drug-likeness (QED) is 0.914. The van der Waals surface area contributed by atoms with Crippen LogP contribution < -0.4 is 10.1 Å². The lowest BCUT2D eigenvalue weighted by molar-refractivity contribution is 0.456. The van der Waals surface area contributed by atoms with Gasteiger partial charge in [0.2, 0.25) is 5.88 Å². The highest BCUT2D eigenvalue weighted by molar-refractivity contribution is 5.39. The number of benzene rings is 1. The molecule has 0 spiro atoms. The predicted molar refractivity (Wildman–Crippen MR) is 72.1 cm³/mol. The van der Waals surface area contributed by atoms with Crippen LogP contribution in [0.1, 0.15) is 25.6 Å². The fraction of sp³-hybridized carbons (Fsp3) is 0.286. The minimum absolute atomic E-state index is 0.198. The van der Waals surface area contributed by atoms with Crippen LogP contribution in [0.5, 0.6) is 11.6 Å². The number of nitrogens with zero attached hydrogens (tertiary/aromatic N) is 2. The Morgan fingerprint density at radius 1 is 1.16 bits per heavy atom. The lowest BCUT2D eigenvalue weighted by atomic mass is 10.2. The average molecular weight is 261 g/mol. The summed E-state index contributed by atoms with van der Waals surface area (Å²) in [5, 5.41) is 2.97. The Bertz CT molecular complexity index is 555. The SMILES string of the molecule is CNc1cc(Oc2ccc(F)cc2)nc(C(C)C)n1. The van der Waals surface area contributed by atoms with Gasteiger partial charge in [-0.3, -0.25) is 0 Å². The number of anilines is 1. The van der Waals surface area contributed by atoms with Crippen LogP contribution in [-0.4, -0.2) is 17.0 Å². The molecule has 0 saturated heterocycles. The molecule has 4 nitrogen and oxygen atoms in total. The second kappa shape index (κ2) is 5.65. The van der Waals surface area contributed by atoms with Gasteiger partial charge in [0.05, 0.1) is 0 Å². The monoisotopic (exact) mass is 261 g/mol. The van der Waals surface area contributed by atoms with Gasteiger partial charge in [-0.05, 0) is 24.3 Å². The molecule has 1 aromatic carbocycles. The number of aromatic nitrogens is 2. The van der Waals surface area contributed by atoms with Crippen molar-refractivity contribution in [1.29, 1.82) is 0 Å². The van der Waals surface area contributed by atoms with Crippen LogP contribution in [0, 0.1) is 5.82 Å². The van der Waals surface area contributed by atoms with Crippen LogP contribution in [0.4, 0.5) is 10.2 Å². The predicted octanol–water partition coefficient (Wildman–Crippen LogP) is 3.57. The Kier molecular flexibility index (Phi) is 3.94. The molecule has 0 aliphatic heterocycles. The minimum Gasteiger partial charge on any atom is -0.439 e. The van der Waals surface area contributed by atoms with Gasteiger partial charge in [0.25, 0.3) is 0 Å². The third-order valence-electron chi connectivity index (χ3n) is 2.53. The molecule has 19 heavy (non-hydrogen) atoms. The van der Waals surface area contributed by atoms with E-state index in [4.69, 9.17) is 4.74 Å². The summed E-state index contributed by atoms with van der Waals surface area (Å²) in [7, 11) is 1.79. The van der Waals surface area contributed by atoms with Crippen molar-refractivity contribution in [2.24, 2.45) is 0 Å². The molecule has 2 aromatic rings. The first-order valence-electron chi connectivity index (χ1n) is 6.08. The van der Waals surface area contributed by atoms with Crippen molar-refractivity contribution in [2.45, 2.75) is 19.8 Å². The summed E-state index contributed by atoms with van der Waals surface area (Å²) in [6, 6.07) is 7.52. The summed E-state index contributed by atoms with van der Waals surface area (Å²) in [5.74, 6) is 2.27. The maximum Gasteiger partial charge on any atom is 0.224 e. The van der Waals surface area contributed by atoms with Gasteiger partial charge in [0.15, 0.2) is 0 Å². The number of halogens is 1. The molecule has 100 valence electrons. The van der Waals surface area contributed by atoms with Crippen LogP contribution in [0.2, 0.25) is 0 Å². The molecule has 1 heterocycles. The van der Waals surface area contributed by atoms with Crippen molar-refractivity contribution in [1.82, 2.24) is 9.97 Å². The zero-order valence-corrected chi connectivity index (χ0v) is 11.1. The molecular formula is C14H16FN3O. The Labute approximate surface area is 111 Å². The highest BCUT2D eigenvalue weighted by atomic mass is 19.1. The van der Waals surface area contributed by atoms with Crippen LogP contribution in [-0.2, 0) is 0 Å². The number of hydrogen-bond acceptors (Lipinski definition) is 4. The lowest BCUT2D eigenvalue weighted by Crippen LogP contribution is -2.03. The smallest absolute Gasteiger partial charge is 0.224 e. The van der Waals surface area contributed by atoms with Crippen LogP contribution in [0.3, 0.4) is 0 Å². The molecule has 2 rings (SSSR count). The van der Waals surface area contributed by atoms with Gasteiger partial charge in [-0.25, -0.2) is 9.37 Å². The summed E-state index contributed by atoms with van der Waals surface area (Å²) < 4.78 is 18.4. The molecule has 0 saturated carbocycles. The van der Waals surface area contributed by atoms with E-state index in [9.17, 15) is 4.39 Å². The number of ether oxygens (including phenoxy) is 1. The Morgan fingerprint density at radius 3 is 2.42 bits per heavy atom. The Morgan fingerprint density at radius 2 is 1.84 bits per heavy atom. The van der Waals surface area contributed by atoms with Crippen molar-refractivity contribution in [3.63, 3.8) is 0 Å². The van der Waals surface area contributed by atoms with Crippen LogP contribution in [0.25, 0.3) is 0 Å². The minimum atomic E-state index is -0.297. The molecule has 0 fully saturated rings. The molecule has 1 N–H and O–H groups in total. The van der Waals surface area contributed by atoms with Gasteiger partial charge in [0.1, 0.15) is 23.2 Å². The first-order valence-corrected chi connectivity index (χ1v) is 6.08. The first kappa shape index (κ1) is 13.3. The third-order valence-corrected chi connectivity index (χ3v) is 2.53. The molecule has 0 radical (unpaired) electrons. The molecular weight excluding hydrogens is 245 g/mol. The molecule has 0 atom stereocenters. The van der Waals surface area contributed by atoms with E-state index < -0.39 is 0 Å². The second-order valence-corrected chi connectivity index (χ2v) is 4.41. The number of rotatable bonds is 4. The maximum atomic E-state index is 12.8. The van der Waals surface area contributed by atoms with Crippen LogP contribution >= 0.6 is 0 Å². The molecule has 1 aromatic heterocycles. The fourth-order valence-corrected chi connectivity index (χ4v) is 1.50. The Hall–Kier alpha value is -2.17. The summed E-state index contributed by atoms with van der Waals surface area (Å²) in [4.78, 5) is 8.68. The topological polar surface area (TPSA) is 47.0 Å². The van der Waals surface area contributed by atoms with Gasteiger partial charge >= 0.3 is 0 Å². The Balaban J connectivity index is 2.28. The standard InChI is InChI=1S/C14H16FN3O/c1-9(2)14-17-12(16-3)8-13(18-14)19-11-6-4-10(15)5-7-11/h4-9H,1-3H3,(H,16,17,18). The van der Waals surface area contributed by atoms with Crippen LogP contribution in [0.15, 0.2) is 30.3 Å². The highest BCUT2D eigenvalue weighted by Gasteiger charge is 2.09. The van der Waals surface area contributed by atoms with Crippen molar-refractivity contribution in [3.05, 3.63) is 42.0 Å². The van der Waals surface area contributed by atoms with E-state index in [-0.39, 0.29) is 11.7 Å². The molecule has 0 amide bonds. The van der Waals surface area contributed by atoms with Crippen molar-refractivity contribution >= 4 is 5.82 Å². The van der Waals surface area contributed by atoms with E-state index in [0.29, 0.717) is 23.3 Å². The number of hydrogen-bond donors (Lipinski definition) is 1. The van der Waals surface area contributed by atoms with Gasteiger partial charge in [-0.1, -0.05) is 13.8 Å². The van der Waals surface area contributed by atoms with Crippen molar-refractivity contribution < 1.29 is 9.13 Å².